The fraction of sp³-hybridized carbons (Fsp3) is 0.786. The number of aromatic nitrogens is 1. The van der Waals surface area contributed by atoms with Gasteiger partial charge in [0.1, 0.15) is 11.5 Å². The van der Waals surface area contributed by atoms with Crippen LogP contribution in [0, 0.1) is 11.8 Å². The molecular formula is C14H24N2O2. The van der Waals surface area contributed by atoms with E-state index in [1.807, 2.05) is 0 Å². The highest BCUT2D eigenvalue weighted by Crippen LogP contribution is 2.31. The SMILES string of the molecule is COCCNCc1noc2c1CC(C(C)C)CC2. The third kappa shape index (κ3) is 3.12. The fourth-order valence-electron chi connectivity index (χ4n) is 2.58. The van der Waals surface area contributed by atoms with E-state index >= 15 is 0 Å². The Hall–Kier alpha value is -0.870. The zero-order valence-electron chi connectivity index (χ0n) is 11.7. The van der Waals surface area contributed by atoms with E-state index < -0.39 is 0 Å². The van der Waals surface area contributed by atoms with Gasteiger partial charge in [0.25, 0.3) is 0 Å². The Bertz CT molecular complexity index is 374. The second-order valence-corrected chi connectivity index (χ2v) is 5.45. The molecule has 102 valence electrons. The molecule has 18 heavy (non-hydrogen) atoms. The second kappa shape index (κ2) is 6.34. The number of rotatable bonds is 6. The summed E-state index contributed by atoms with van der Waals surface area (Å²) in [4.78, 5) is 0. The van der Waals surface area contributed by atoms with E-state index in [0.29, 0.717) is 0 Å². The highest BCUT2D eigenvalue weighted by molar-refractivity contribution is 5.26. The molecule has 0 saturated heterocycles. The Morgan fingerprint density at radius 2 is 2.33 bits per heavy atom. The van der Waals surface area contributed by atoms with Crippen LogP contribution in [0.5, 0.6) is 0 Å². The molecule has 1 atom stereocenters. The minimum Gasteiger partial charge on any atom is -0.383 e. The van der Waals surface area contributed by atoms with Gasteiger partial charge in [-0.3, -0.25) is 0 Å². The van der Waals surface area contributed by atoms with Crippen LogP contribution in [0.3, 0.4) is 0 Å². The van der Waals surface area contributed by atoms with Gasteiger partial charge in [-0.05, 0) is 24.7 Å². The molecule has 1 aromatic rings. The molecule has 1 aromatic heterocycles. The zero-order chi connectivity index (χ0) is 13.0. The first-order valence-corrected chi connectivity index (χ1v) is 6.88. The van der Waals surface area contributed by atoms with Crippen molar-refractivity contribution in [3.63, 3.8) is 0 Å². The van der Waals surface area contributed by atoms with Gasteiger partial charge in [-0.25, -0.2) is 0 Å². The third-order valence-electron chi connectivity index (χ3n) is 3.88. The number of nitrogens with zero attached hydrogens (tertiary/aromatic N) is 1. The standard InChI is InChI=1S/C14H24N2O2/c1-10(2)11-4-5-14-12(8-11)13(16-18-14)9-15-6-7-17-3/h10-11,15H,4-9H2,1-3H3. The summed E-state index contributed by atoms with van der Waals surface area (Å²) in [6, 6.07) is 0. The van der Waals surface area contributed by atoms with Gasteiger partial charge in [-0.2, -0.15) is 0 Å². The summed E-state index contributed by atoms with van der Waals surface area (Å²) in [7, 11) is 1.72. The normalized spacial score (nSPS) is 19.2. The monoisotopic (exact) mass is 252 g/mol. The van der Waals surface area contributed by atoms with Crippen LogP contribution < -0.4 is 5.32 Å². The summed E-state index contributed by atoms with van der Waals surface area (Å²) >= 11 is 0. The summed E-state index contributed by atoms with van der Waals surface area (Å²) < 4.78 is 10.5. The molecule has 2 rings (SSSR count). The molecule has 0 bridgehead atoms. The summed E-state index contributed by atoms with van der Waals surface area (Å²) in [6.45, 7) is 6.98. The average Bonchev–Trinajstić information content (AvgIpc) is 2.77. The largest absolute Gasteiger partial charge is 0.383 e. The Morgan fingerprint density at radius 3 is 3.06 bits per heavy atom. The highest BCUT2D eigenvalue weighted by Gasteiger charge is 2.26. The van der Waals surface area contributed by atoms with Crippen molar-refractivity contribution in [2.45, 2.75) is 39.7 Å². The number of ether oxygens (including phenoxy) is 1. The van der Waals surface area contributed by atoms with Crippen molar-refractivity contribution < 1.29 is 9.26 Å². The first-order valence-electron chi connectivity index (χ1n) is 6.88. The molecule has 0 fully saturated rings. The lowest BCUT2D eigenvalue weighted by molar-refractivity contribution is 0.199. The van der Waals surface area contributed by atoms with Crippen LogP contribution in [0.25, 0.3) is 0 Å². The lowest BCUT2D eigenvalue weighted by atomic mass is 9.80. The molecule has 0 amide bonds. The summed E-state index contributed by atoms with van der Waals surface area (Å²) in [5.74, 6) is 2.62. The van der Waals surface area contributed by atoms with Crippen LogP contribution >= 0.6 is 0 Å². The van der Waals surface area contributed by atoms with Crippen molar-refractivity contribution in [3.8, 4) is 0 Å². The van der Waals surface area contributed by atoms with Gasteiger partial charge in [0.2, 0.25) is 0 Å². The lowest BCUT2D eigenvalue weighted by Crippen LogP contribution is -2.22. The van der Waals surface area contributed by atoms with Gasteiger partial charge in [0.05, 0.1) is 6.61 Å². The van der Waals surface area contributed by atoms with E-state index in [2.05, 4.69) is 24.3 Å². The number of nitrogens with one attached hydrogen (secondary N) is 1. The van der Waals surface area contributed by atoms with E-state index in [1.165, 1.54) is 12.0 Å². The molecular weight excluding hydrogens is 228 g/mol. The van der Waals surface area contributed by atoms with Crippen LogP contribution in [0.4, 0.5) is 0 Å². The van der Waals surface area contributed by atoms with Gasteiger partial charge in [-0.15, -0.1) is 0 Å². The summed E-state index contributed by atoms with van der Waals surface area (Å²) in [5.41, 5.74) is 2.44. The molecule has 1 aliphatic carbocycles. The van der Waals surface area contributed by atoms with E-state index in [0.717, 1.165) is 55.8 Å². The smallest absolute Gasteiger partial charge is 0.140 e. The van der Waals surface area contributed by atoms with Crippen molar-refractivity contribution in [1.82, 2.24) is 10.5 Å². The Kier molecular flexibility index (Phi) is 4.78. The Balaban J connectivity index is 1.95. The Morgan fingerprint density at radius 1 is 1.50 bits per heavy atom. The molecule has 0 aromatic carbocycles. The van der Waals surface area contributed by atoms with E-state index in [-0.39, 0.29) is 0 Å². The van der Waals surface area contributed by atoms with Crippen LogP contribution in [-0.4, -0.2) is 25.4 Å². The van der Waals surface area contributed by atoms with Gasteiger partial charge >= 0.3 is 0 Å². The molecule has 1 unspecified atom stereocenters. The number of hydrogen-bond acceptors (Lipinski definition) is 4. The number of methoxy groups -OCH3 is 1. The third-order valence-corrected chi connectivity index (χ3v) is 3.88. The molecule has 1 heterocycles. The van der Waals surface area contributed by atoms with Gasteiger partial charge in [0.15, 0.2) is 0 Å². The molecule has 0 aliphatic heterocycles. The maximum absolute atomic E-state index is 5.45. The first-order chi connectivity index (χ1) is 8.72. The number of aryl methyl sites for hydroxylation is 1. The minimum absolute atomic E-state index is 0.731. The topological polar surface area (TPSA) is 47.3 Å². The second-order valence-electron chi connectivity index (χ2n) is 5.45. The Labute approximate surface area is 109 Å². The quantitative estimate of drug-likeness (QED) is 0.788. The van der Waals surface area contributed by atoms with Crippen molar-refractivity contribution in [3.05, 3.63) is 17.0 Å². The summed E-state index contributed by atoms with van der Waals surface area (Å²) in [5, 5.41) is 7.55. The van der Waals surface area contributed by atoms with Crippen LogP contribution in [-0.2, 0) is 24.1 Å². The fourth-order valence-corrected chi connectivity index (χ4v) is 2.58. The molecule has 4 heteroatoms. The van der Waals surface area contributed by atoms with Crippen molar-refractivity contribution in [2.24, 2.45) is 11.8 Å². The van der Waals surface area contributed by atoms with Crippen molar-refractivity contribution in [1.29, 1.82) is 0 Å². The molecule has 1 N–H and O–H groups in total. The maximum Gasteiger partial charge on any atom is 0.140 e. The van der Waals surface area contributed by atoms with Gasteiger partial charge < -0.3 is 14.6 Å². The first kappa shape index (κ1) is 13.6. The average molecular weight is 252 g/mol. The van der Waals surface area contributed by atoms with Crippen LogP contribution in [0.2, 0.25) is 0 Å². The van der Waals surface area contributed by atoms with E-state index in [1.54, 1.807) is 7.11 Å². The molecule has 1 aliphatic rings. The van der Waals surface area contributed by atoms with Gasteiger partial charge in [-0.1, -0.05) is 19.0 Å². The minimum atomic E-state index is 0.731. The molecule has 0 radical (unpaired) electrons. The maximum atomic E-state index is 5.45. The van der Waals surface area contributed by atoms with Crippen LogP contribution in [0.15, 0.2) is 4.52 Å². The van der Waals surface area contributed by atoms with E-state index in [9.17, 15) is 0 Å². The highest BCUT2D eigenvalue weighted by atomic mass is 16.5. The van der Waals surface area contributed by atoms with Crippen molar-refractivity contribution >= 4 is 0 Å². The summed E-state index contributed by atoms with van der Waals surface area (Å²) in [6.07, 6.45) is 3.40. The zero-order valence-corrected chi connectivity index (χ0v) is 11.7. The predicted octanol–water partition coefficient (Wildman–Crippen LogP) is 2.17. The number of fused-ring (bicyclic) bond motifs is 1. The number of hydrogen-bond donors (Lipinski definition) is 1. The predicted molar refractivity (Wildman–Crippen MR) is 70.4 cm³/mol. The van der Waals surface area contributed by atoms with Crippen molar-refractivity contribution in [2.75, 3.05) is 20.3 Å². The van der Waals surface area contributed by atoms with Gasteiger partial charge in [0, 0.05) is 32.2 Å². The molecule has 4 nitrogen and oxygen atoms in total. The lowest BCUT2D eigenvalue weighted by Gasteiger charge is -2.24. The molecule has 0 saturated carbocycles. The van der Waals surface area contributed by atoms with E-state index in [4.69, 9.17) is 9.26 Å². The molecule has 0 spiro atoms. The van der Waals surface area contributed by atoms with Crippen LogP contribution in [0.1, 0.15) is 37.3 Å².